The second-order valence-electron chi connectivity index (χ2n) is 4.86. The highest BCUT2D eigenvalue weighted by Gasteiger charge is 2.35. The van der Waals surface area contributed by atoms with Gasteiger partial charge in [0.1, 0.15) is 22.7 Å². The molecule has 2 heterocycles. The third kappa shape index (κ3) is 3.44. The second kappa shape index (κ2) is 7.24. The van der Waals surface area contributed by atoms with E-state index in [0.29, 0.717) is 0 Å². The zero-order valence-corrected chi connectivity index (χ0v) is 14.0. The normalized spacial score (nSPS) is 27.8. The molecule has 0 radical (unpaired) electrons. The fourth-order valence-corrected chi connectivity index (χ4v) is 3.07. The minimum absolute atomic E-state index is 0.118. The number of aromatic amines is 1. The van der Waals surface area contributed by atoms with Gasteiger partial charge in [0.25, 0.3) is 5.56 Å². The maximum atomic E-state index is 12.0. The molecule has 5 atom stereocenters. The average molecular weight is 400 g/mol. The van der Waals surface area contributed by atoms with Crippen LogP contribution in [-0.2, 0) is 9.47 Å². The maximum absolute atomic E-state index is 12.0. The van der Waals surface area contributed by atoms with Crippen LogP contribution in [0, 0.1) is 0 Å². The lowest BCUT2D eigenvalue weighted by Crippen LogP contribution is -2.36. The minimum atomic E-state index is -0.896. The lowest BCUT2D eigenvalue weighted by Gasteiger charge is -2.19. The summed E-state index contributed by atoms with van der Waals surface area (Å²) >= 11 is 9.04. The van der Waals surface area contributed by atoms with Crippen molar-refractivity contribution in [1.29, 1.82) is 0 Å². The largest absolute Gasteiger partial charge is 0.394 e. The van der Waals surface area contributed by atoms with Gasteiger partial charge in [-0.2, -0.15) is 0 Å². The van der Waals surface area contributed by atoms with Gasteiger partial charge in [-0.3, -0.25) is 14.3 Å². The van der Waals surface area contributed by atoms with Gasteiger partial charge in [0.15, 0.2) is 0 Å². The number of aromatic nitrogens is 2. The summed E-state index contributed by atoms with van der Waals surface area (Å²) in [4.78, 5) is 26.1. The quantitative estimate of drug-likeness (QED) is 0.592. The van der Waals surface area contributed by atoms with E-state index in [2.05, 4.69) is 20.9 Å². The molecule has 1 aliphatic rings. The number of ether oxygens (including phenoxy) is 2. The molecule has 2 rings (SSSR count). The highest BCUT2D eigenvalue weighted by Crippen LogP contribution is 2.29. The Kier molecular flexibility index (Phi) is 5.81. The number of halogens is 2. The molecule has 0 saturated carbocycles. The molecule has 22 heavy (non-hydrogen) atoms. The van der Waals surface area contributed by atoms with Gasteiger partial charge >= 0.3 is 5.69 Å². The Balaban J connectivity index is 2.41. The third-order valence-corrected chi connectivity index (χ3v) is 4.19. The van der Waals surface area contributed by atoms with Gasteiger partial charge in [0.2, 0.25) is 0 Å². The summed E-state index contributed by atoms with van der Waals surface area (Å²) in [5, 5.41) is 18.8. The smallest absolute Gasteiger partial charge is 0.330 e. The number of hydrogen-bond donors (Lipinski definition) is 3. The van der Waals surface area contributed by atoms with E-state index in [1.165, 1.54) is 13.3 Å². The lowest BCUT2D eigenvalue weighted by molar-refractivity contribution is -0.0461. The summed E-state index contributed by atoms with van der Waals surface area (Å²) in [5.41, 5.74) is -1.15. The Morgan fingerprint density at radius 1 is 1.64 bits per heavy atom. The van der Waals surface area contributed by atoms with Crippen LogP contribution in [0.2, 0.25) is 0 Å². The molecular weight excluding hydrogens is 383 g/mol. The summed E-state index contributed by atoms with van der Waals surface area (Å²) in [5.74, 6) is 0. The van der Waals surface area contributed by atoms with Gasteiger partial charge in [-0.25, -0.2) is 4.79 Å². The summed E-state index contributed by atoms with van der Waals surface area (Å²) in [6.45, 7) is -0.367. The summed E-state index contributed by atoms with van der Waals surface area (Å²) in [6, 6.07) is 0. The second-order valence-corrected chi connectivity index (χ2v) is 6.84. The van der Waals surface area contributed by atoms with Gasteiger partial charge in [-0.05, 0) is 0 Å². The number of nitrogens with zero attached hydrogens (tertiary/aromatic N) is 1. The molecule has 124 valence electrons. The first-order valence-electron chi connectivity index (χ1n) is 6.49. The average Bonchev–Trinajstić information content (AvgIpc) is 2.82. The molecular formula is C12H16BrClN2O6. The lowest BCUT2D eigenvalue weighted by atomic mass is 10.2. The van der Waals surface area contributed by atoms with Crippen LogP contribution in [0.25, 0.3) is 0 Å². The van der Waals surface area contributed by atoms with E-state index in [-0.39, 0.29) is 18.6 Å². The first-order valence-corrected chi connectivity index (χ1v) is 7.85. The van der Waals surface area contributed by atoms with Crippen molar-refractivity contribution in [2.45, 2.75) is 35.2 Å². The van der Waals surface area contributed by atoms with E-state index in [9.17, 15) is 14.7 Å². The summed E-state index contributed by atoms with van der Waals surface area (Å²) in [7, 11) is 1.38. The predicted octanol–water partition coefficient (Wildman–Crippen LogP) is -0.175. The molecule has 0 aliphatic carbocycles. The fraction of sp³-hybridized carbons (Fsp3) is 0.667. The molecule has 8 nitrogen and oxygen atoms in total. The summed E-state index contributed by atoms with van der Waals surface area (Å²) in [6.07, 6.45) is -1.83. The minimum Gasteiger partial charge on any atom is -0.394 e. The predicted molar refractivity (Wildman–Crippen MR) is 81.3 cm³/mol. The van der Waals surface area contributed by atoms with Crippen molar-refractivity contribution >= 4 is 27.5 Å². The van der Waals surface area contributed by atoms with Crippen molar-refractivity contribution in [3.63, 3.8) is 0 Å². The van der Waals surface area contributed by atoms with Crippen LogP contribution in [0.1, 0.15) is 24.3 Å². The van der Waals surface area contributed by atoms with Crippen molar-refractivity contribution in [1.82, 2.24) is 9.55 Å². The fourth-order valence-electron chi connectivity index (χ4n) is 2.33. The molecule has 1 aromatic rings. The van der Waals surface area contributed by atoms with Gasteiger partial charge < -0.3 is 19.7 Å². The number of nitrogens with one attached hydrogen (secondary N) is 1. The number of aliphatic hydroxyl groups excluding tert-OH is 2. The molecule has 1 aliphatic heterocycles. The number of H-pyrrole nitrogens is 1. The molecule has 1 fully saturated rings. The molecule has 10 heteroatoms. The van der Waals surface area contributed by atoms with Crippen LogP contribution in [0.15, 0.2) is 15.8 Å². The molecule has 0 aromatic carbocycles. The van der Waals surface area contributed by atoms with E-state index < -0.39 is 40.1 Å². The van der Waals surface area contributed by atoms with Crippen LogP contribution >= 0.6 is 27.5 Å². The number of rotatable bonds is 5. The van der Waals surface area contributed by atoms with E-state index >= 15 is 0 Å². The van der Waals surface area contributed by atoms with Crippen molar-refractivity contribution < 1.29 is 19.7 Å². The van der Waals surface area contributed by atoms with Gasteiger partial charge in [0, 0.05) is 19.7 Å². The zero-order chi connectivity index (χ0) is 16.4. The SMILES string of the molecule is COC(c1cn([C@H]2C[C@H](O)[C@@H](CO)O2)c(=O)[nH]c1=O)C(Cl)Br. The van der Waals surface area contributed by atoms with Crippen molar-refractivity contribution in [3.8, 4) is 0 Å². The van der Waals surface area contributed by atoms with Gasteiger partial charge in [0.05, 0.1) is 18.3 Å². The Labute approximate surface area is 138 Å². The first kappa shape index (κ1) is 17.6. The van der Waals surface area contributed by atoms with Crippen LogP contribution in [0.5, 0.6) is 0 Å². The molecule has 0 amide bonds. The molecule has 1 saturated heterocycles. The van der Waals surface area contributed by atoms with Crippen LogP contribution in [0.4, 0.5) is 0 Å². The highest BCUT2D eigenvalue weighted by atomic mass is 79.9. The third-order valence-electron chi connectivity index (χ3n) is 3.48. The number of methoxy groups -OCH3 is 1. The molecule has 0 bridgehead atoms. The number of alkyl halides is 2. The first-order chi connectivity index (χ1) is 10.4. The Bertz CT molecular complexity index is 633. The Hall–Kier alpha value is -0.710. The Morgan fingerprint density at radius 3 is 2.82 bits per heavy atom. The van der Waals surface area contributed by atoms with Gasteiger partial charge in [-0.1, -0.05) is 15.9 Å². The van der Waals surface area contributed by atoms with Crippen molar-refractivity contribution in [2.75, 3.05) is 13.7 Å². The maximum Gasteiger partial charge on any atom is 0.330 e. The molecule has 1 aromatic heterocycles. The highest BCUT2D eigenvalue weighted by molar-refractivity contribution is 9.10. The Morgan fingerprint density at radius 2 is 2.32 bits per heavy atom. The molecule has 0 spiro atoms. The van der Waals surface area contributed by atoms with Crippen molar-refractivity contribution in [3.05, 3.63) is 32.6 Å². The number of aliphatic hydroxyl groups is 2. The summed E-state index contributed by atoms with van der Waals surface area (Å²) < 4.78 is 11.0. The van der Waals surface area contributed by atoms with Crippen LogP contribution in [0.3, 0.4) is 0 Å². The van der Waals surface area contributed by atoms with Crippen LogP contribution < -0.4 is 11.2 Å². The van der Waals surface area contributed by atoms with Crippen LogP contribution in [-0.4, -0.2) is 50.0 Å². The van der Waals surface area contributed by atoms with E-state index in [4.69, 9.17) is 26.2 Å². The molecule has 3 N–H and O–H groups in total. The van der Waals surface area contributed by atoms with Gasteiger partial charge in [-0.15, -0.1) is 11.6 Å². The topological polar surface area (TPSA) is 114 Å². The standard InChI is InChI=1S/C12H16BrClN2O6/c1-21-9(10(13)14)5-3-16(12(20)15-11(5)19)8-2-6(18)7(4-17)22-8/h3,6-10,17-18H,2,4H2,1H3,(H,15,19,20)/t6-,7+,8+,9?,10?/m0/s1. The number of hydrogen-bond acceptors (Lipinski definition) is 6. The van der Waals surface area contributed by atoms with E-state index in [1.54, 1.807) is 0 Å². The molecule has 2 unspecified atom stereocenters. The monoisotopic (exact) mass is 398 g/mol. The van der Waals surface area contributed by atoms with E-state index in [0.717, 1.165) is 4.57 Å². The van der Waals surface area contributed by atoms with E-state index in [1.807, 2.05) is 0 Å². The zero-order valence-electron chi connectivity index (χ0n) is 11.6. The van der Waals surface area contributed by atoms with Crippen molar-refractivity contribution in [2.24, 2.45) is 0 Å².